The standard InChI is InChI=1S/C12H13NO5/c1-7(14)13-10(12(17)18)6-8-2-4-9(5-3-8)11(15)16/h2-5,10H,6H2,1H3,(H,13,14)(H,15,16)(H,17,18). The van der Waals surface area contributed by atoms with Crippen molar-refractivity contribution in [3.63, 3.8) is 0 Å². The predicted octanol–water partition coefficient (Wildman–Crippen LogP) is 0.517. The molecular weight excluding hydrogens is 238 g/mol. The maximum atomic E-state index is 10.9. The Bertz CT molecular complexity index is 466. The summed E-state index contributed by atoms with van der Waals surface area (Å²) < 4.78 is 0. The van der Waals surface area contributed by atoms with Crippen LogP contribution < -0.4 is 5.32 Å². The van der Waals surface area contributed by atoms with Crippen LogP contribution in [0.2, 0.25) is 0 Å². The van der Waals surface area contributed by atoms with Gasteiger partial charge in [-0.3, -0.25) is 4.79 Å². The van der Waals surface area contributed by atoms with E-state index in [1.165, 1.54) is 31.2 Å². The monoisotopic (exact) mass is 251 g/mol. The van der Waals surface area contributed by atoms with Crippen LogP contribution in [0.15, 0.2) is 24.3 Å². The Kier molecular flexibility index (Phi) is 4.42. The third kappa shape index (κ3) is 3.89. The predicted molar refractivity (Wildman–Crippen MR) is 62.3 cm³/mol. The average molecular weight is 251 g/mol. The quantitative estimate of drug-likeness (QED) is 0.707. The Morgan fingerprint density at radius 1 is 1.17 bits per heavy atom. The SMILES string of the molecule is CC(=O)NC(Cc1ccc(C(=O)O)cc1)C(=O)O. The van der Waals surface area contributed by atoms with E-state index in [2.05, 4.69) is 5.32 Å². The van der Waals surface area contributed by atoms with E-state index in [-0.39, 0.29) is 12.0 Å². The number of amides is 1. The van der Waals surface area contributed by atoms with Gasteiger partial charge < -0.3 is 15.5 Å². The molecule has 0 radical (unpaired) electrons. The van der Waals surface area contributed by atoms with Gasteiger partial charge in [-0.2, -0.15) is 0 Å². The molecule has 0 aromatic heterocycles. The number of nitrogens with one attached hydrogen (secondary N) is 1. The molecule has 3 N–H and O–H groups in total. The largest absolute Gasteiger partial charge is 0.480 e. The van der Waals surface area contributed by atoms with Crippen molar-refractivity contribution in [2.75, 3.05) is 0 Å². The molecule has 1 aromatic rings. The Labute approximate surface area is 103 Å². The van der Waals surface area contributed by atoms with Gasteiger partial charge >= 0.3 is 11.9 Å². The summed E-state index contributed by atoms with van der Waals surface area (Å²) in [4.78, 5) is 32.4. The lowest BCUT2D eigenvalue weighted by Gasteiger charge is -2.13. The summed E-state index contributed by atoms with van der Waals surface area (Å²) in [6.07, 6.45) is 0.106. The second-order valence-electron chi connectivity index (χ2n) is 3.80. The molecule has 0 saturated heterocycles. The molecule has 18 heavy (non-hydrogen) atoms. The van der Waals surface area contributed by atoms with Crippen LogP contribution in [0.25, 0.3) is 0 Å². The number of carbonyl (C=O) groups excluding carboxylic acids is 1. The summed E-state index contributed by atoms with van der Waals surface area (Å²) in [6.45, 7) is 1.24. The molecule has 1 rings (SSSR count). The van der Waals surface area contributed by atoms with Crippen LogP contribution in [0.1, 0.15) is 22.8 Å². The highest BCUT2D eigenvalue weighted by atomic mass is 16.4. The third-order valence-corrected chi connectivity index (χ3v) is 2.32. The van der Waals surface area contributed by atoms with Gasteiger partial charge in [0.25, 0.3) is 0 Å². The molecule has 0 bridgehead atoms. The zero-order valence-electron chi connectivity index (χ0n) is 9.71. The summed E-state index contributed by atoms with van der Waals surface area (Å²) in [6, 6.07) is 4.83. The van der Waals surface area contributed by atoms with Gasteiger partial charge in [0.15, 0.2) is 0 Å². The lowest BCUT2D eigenvalue weighted by Crippen LogP contribution is -2.41. The second kappa shape index (κ2) is 5.81. The van der Waals surface area contributed by atoms with E-state index >= 15 is 0 Å². The number of benzene rings is 1. The van der Waals surface area contributed by atoms with Gasteiger partial charge in [-0.05, 0) is 17.7 Å². The van der Waals surface area contributed by atoms with E-state index in [1.807, 2.05) is 0 Å². The Morgan fingerprint density at radius 3 is 2.11 bits per heavy atom. The Morgan fingerprint density at radius 2 is 1.72 bits per heavy atom. The third-order valence-electron chi connectivity index (χ3n) is 2.32. The Balaban J connectivity index is 2.78. The first-order chi connectivity index (χ1) is 8.40. The van der Waals surface area contributed by atoms with Crippen molar-refractivity contribution in [2.45, 2.75) is 19.4 Å². The summed E-state index contributed by atoms with van der Waals surface area (Å²) in [5.41, 5.74) is 0.770. The highest BCUT2D eigenvalue weighted by molar-refractivity contribution is 5.87. The van der Waals surface area contributed by atoms with Crippen molar-refractivity contribution in [3.05, 3.63) is 35.4 Å². The molecule has 96 valence electrons. The number of hydrogen-bond acceptors (Lipinski definition) is 3. The minimum atomic E-state index is -1.13. The molecule has 0 aliphatic carbocycles. The van der Waals surface area contributed by atoms with E-state index in [4.69, 9.17) is 10.2 Å². The van der Waals surface area contributed by atoms with Crippen molar-refractivity contribution in [1.29, 1.82) is 0 Å². The van der Waals surface area contributed by atoms with Gasteiger partial charge in [0.2, 0.25) is 5.91 Å². The molecule has 0 fully saturated rings. The minimum Gasteiger partial charge on any atom is -0.480 e. The molecular formula is C12H13NO5. The highest BCUT2D eigenvalue weighted by Crippen LogP contribution is 2.07. The molecule has 6 nitrogen and oxygen atoms in total. The van der Waals surface area contributed by atoms with E-state index < -0.39 is 23.9 Å². The number of carboxylic acids is 2. The molecule has 1 unspecified atom stereocenters. The maximum absolute atomic E-state index is 10.9. The van der Waals surface area contributed by atoms with Gasteiger partial charge in [0, 0.05) is 13.3 Å². The first-order valence-corrected chi connectivity index (χ1v) is 5.22. The van der Waals surface area contributed by atoms with E-state index in [0.717, 1.165) is 0 Å². The Hall–Kier alpha value is -2.37. The van der Waals surface area contributed by atoms with Crippen LogP contribution in [-0.4, -0.2) is 34.1 Å². The summed E-state index contributed by atoms with van der Waals surface area (Å²) in [5.74, 6) is -2.60. The zero-order valence-corrected chi connectivity index (χ0v) is 9.71. The number of carboxylic acid groups (broad SMARTS) is 2. The molecule has 0 heterocycles. The van der Waals surface area contributed by atoms with Gasteiger partial charge in [-0.1, -0.05) is 12.1 Å². The second-order valence-corrected chi connectivity index (χ2v) is 3.80. The van der Waals surface area contributed by atoms with Crippen LogP contribution in [0.4, 0.5) is 0 Å². The number of aromatic carboxylic acids is 1. The zero-order chi connectivity index (χ0) is 13.7. The fourth-order valence-electron chi connectivity index (χ4n) is 1.46. The van der Waals surface area contributed by atoms with Crippen LogP contribution in [-0.2, 0) is 16.0 Å². The van der Waals surface area contributed by atoms with Crippen molar-refractivity contribution in [2.24, 2.45) is 0 Å². The topological polar surface area (TPSA) is 104 Å². The molecule has 1 atom stereocenters. The van der Waals surface area contributed by atoms with Crippen LogP contribution in [0, 0.1) is 0 Å². The normalized spacial score (nSPS) is 11.6. The lowest BCUT2D eigenvalue weighted by molar-refractivity contribution is -0.141. The first-order valence-electron chi connectivity index (χ1n) is 5.22. The average Bonchev–Trinajstić information content (AvgIpc) is 2.28. The molecule has 0 aliphatic rings. The van der Waals surface area contributed by atoms with Crippen molar-refractivity contribution >= 4 is 17.8 Å². The van der Waals surface area contributed by atoms with Gasteiger partial charge in [-0.25, -0.2) is 9.59 Å². The number of aliphatic carboxylic acids is 1. The molecule has 6 heteroatoms. The molecule has 1 amide bonds. The number of hydrogen-bond donors (Lipinski definition) is 3. The first kappa shape index (κ1) is 13.7. The van der Waals surface area contributed by atoms with E-state index in [9.17, 15) is 14.4 Å². The van der Waals surface area contributed by atoms with Crippen molar-refractivity contribution in [1.82, 2.24) is 5.32 Å². The minimum absolute atomic E-state index is 0.106. The van der Waals surface area contributed by atoms with Crippen LogP contribution in [0.5, 0.6) is 0 Å². The van der Waals surface area contributed by atoms with E-state index in [0.29, 0.717) is 5.56 Å². The molecule has 1 aromatic carbocycles. The van der Waals surface area contributed by atoms with Gasteiger partial charge in [0.05, 0.1) is 5.56 Å². The number of carbonyl (C=O) groups is 3. The summed E-state index contributed by atoms with van der Waals surface area (Å²) in [5, 5.41) is 19.9. The van der Waals surface area contributed by atoms with Gasteiger partial charge in [-0.15, -0.1) is 0 Å². The molecule has 0 spiro atoms. The highest BCUT2D eigenvalue weighted by Gasteiger charge is 2.18. The summed E-state index contributed by atoms with van der Waals surface area (Å²) in [7, 11) is 0. The summed E-state index contributed by atoms with van der Waals surface area (Å²) >= 11 is 0. The fourth-order valence-corrected chi connectivity index (χ4v) is 1.46. The van der Waals surface area contributed by atoms with Crippen molar-refractivity contribution in [3.8, 4) is 0 Å². The van der Waals surface area contributed by atoms with Crippen LogP contribution >= 0.6 is 0 Å². The fraction of sp³-hybridized carbons (Fsp3) is 0.250. The maximum Gasteiger partial charge on any atom is 0.335 e. The van der Waals surface area contributed by atoms with E-state index in [1.54, 1.807) is 0 Å². The number of rotatable bonds is 5. The smallest absolute Gasteiger partial charge is 0.335 e. The van der Waals surface area contributed by atoms with Gasteiger partial charge in [0.1, 0.15) is 6.04 Å². The lowest BCUT2D eigenvalue weighted by atomic mass is 10.0. The molecule has 0 aliphatic heterocycles. The molecule has 0 saturated carbocycles. The van der Waals surface area contributed by atoms with Crippen molar-refractivity contribution < 1.29 is 24.6 Å². The van der Waals surface area contributed by atoms with Crippen LogP contribution in [0.3, 0.4) is 0 Å².